The van der Waals surface area contributed by atoms with Crippen LogP contribution in [0.3, 0.4) is 0 Å². The molecule has 4 rings (SSSR count). The molecular weight excluding hydrogens is 454 g/mol. The van der Waals surface area contributed by atoms with Gasteiger partial charge in [0, 0.05) is 35.8 Å². The van der Waals surface area contributed by atoms with E-state index in [9.17, 15) is 9.59 Å². The van der Waals surface area contributed by atoms with Crippen molar-refractivity contribution in [2.45, 2.75) is 46.6 Å². The number of hydroxylamine groups is 1. The molecule has 1 aliphatic heterocycles. The quantitative estimate of drug-likeness (QED) is 0.447. The highest BCUT2D eigenvalue weighted by Crippen LogP contribution is 2.22. The molecule has 0 unspecified atom stereocenters. The van der Waals surface area contributed by atoms with Gasteiger partial charge in [-0.05, 0) is 66.7 Å². The Labute approximate surface area is 212 Å². The van der Waals surface area contributed by atoms with Crippen LogP contribution in [-0.4, -0.2) is 39.8 Å². The molecule has 188 valence electrons. The van der Waals surface area contributed by atoms with Crippen LogP contribution in [-0.2, 0) is 16.2 Å². The molecule has 0 aliphatic carbocycles. The summed E-state index contributed by atoms with van der Waals surface area (Å²) in [5.74, 6) is -0.437. The van der Waals surface area contributed by atoms with E-state index in [1.54, 1.807) is 36.7 Å². The van der Waals surface area contributed by atoms with Crippen molar-refractivity contribution in [1.82, 2.24) is 20.3 Å². The van der Waals surface area contributed by atoms with Gasteiger partial charge in [-0.25, -0.2) is 14.8 Å². The van der Waals surface area contributed by atoms with Gasteiger partial charge >= 0.3 is 5.97 Å². The normalized spacial score (nSPS) is 13.9. The van der Waals surface area contributed by atoms with Gasteiger partial charge in [-0.15, -0.1) is 0 Å². The number of nitrogens with one attached hydrogen (secondary N) is 2. The molecular formula is C28H33N5O3. The van der Waals surface area contributed by atoms with Gasteiger partial charge in [-0.2, -0.15) is 5.48 Å². The van der Waals surface area contributed by atoms with Crippen molar-refractivity contribution in [1.29, 1.82) is 0 Å². The van der Waals surface area contributed by atoms with Crippen LogP contribution in [0.15, 0.2) is 60.9 Å². The first-order valence-corrected chi connectivity index (χ1v) is 12.3. The van der Waals surface area contributed by atoms with E-state index in [2.05, 4.69) is 37.8 Å². The molecule has 1 aromatic heterocycles. The lowest BCUT2D eigenvalue weighted by atomic mass is 9.93. The molecule has 0 atom stereocenters. The van der Waals surface area contributed by atoms with E-state index >= 15 is 0 Å². The third-order valence-corrected chi connectivity index (χ3v) is 5.85. The summed E-state index contributed by atoms with van der Waals surface area (Å²) < 4.78 is 0. The number of hydrogen-bond donors (Lipinski definition) is 2. The summed E-state index contributed by atoms with van der Waals surface area (Å²) in [6.45, 7) is 9.07. The topological polar surface area (TPSA) is 96.4 Å². The number of likely N-dealkylation sites (tertiary alicyclic amines) is 1. The van der Waals surface area contributed by atoms with Gasteiger partial charge < -0.3 is 10.2 Å². The molecule has 0 radical (unpaired) electrons. The molecule has 1 fully saturated rings. The summed E-state index contributed by atoms with van der Waals surface area (Å²) >= 11 is 0. The van der Waals surface area contributed by atoms with E-state index in [1.807, 2.05) is 32.9 Å². The number of amides is 1. The minimum Gasteiger partial charge on any atom is -0.341 e. The largest absolute Gasteiger partial charge is 0.341 e. The summed E-state index contributed by atoms with van der Waals surface area (Å²) in [4.78, 5) is 40.3. The van der Waals surface area contributed by atoms with Crippen molar-refractivity contribution in [3.8, 4) is 11.1 Å². The minimum atomic E-state index is -0.480. The van der Waals surface area contributed by atoms with Crippen molar-refractivity contribution in [3.63, 3.8) is 0 Å². The second-order valence-corrected chi connectivity index (χ2v) is 10.3. The first kappa shape index (κ1) is 25.3. The highest BCUT2D eigenvalue weighted by atomic mass is 16.7. The number of aromatic nitrogens is 2. The molecule has 1 aliphatic rings. The van der Waals surface area contributed by atoms with Crippen LogP contribution in [0.25, 0.3) is 11.1 Å². The second-order valence-electron chi connectivity index (χ2n) is 10.3. The van der Waals surface area contributed by atoms with E-state index in [4.69, 9.17) is 4.84 Å². The molecule has 0 spiro atoms. The van der Waals surface area contributed by atoms with E-state index in [0.29, 0.717) is 11.5 Å². The van der Waals surface area contributed by atoms with Gasteiger partial charge in [0.1, 0.15) is 0 Å². The van der Waals surface area contributed by atoms with Gasteiger partial charge in [0.15, 0.2) is 0 Å². The van der Waals surface area contributed by atoms with E-state index in [1.165, 1.54) is 31.5 Å². The average molecular weight is 488 g/mol. The smallest absolute Gasteiger partial charge is 0.332 e. The number of hydrogen-bond acceptors (Lipinski definition) is 7. The molecule has 0 bridgehead atoms. The van der Waals surface area contributed by atoms with Gasteiger partial charge in [0.2, 0.25) is 5.95 Å². The summed E-state index contributed by atoms with van der Waals surface area (Å²) in [5.41, 5.74) is 6.30. The lowest BCUT2D eigenvalue weighted by molar-refractivity contribution is -0.151. The standard InChI is InChI=1S/C28H33N5O3/c1-28(2,3)16-25(34)36-32-26(35)22-11-9-21(10-12-22)23-17-29-27(30-18-23)31-24-8-6-7-20(15-24)19-33-13-4-5-14-33/h6-12,15,17-18H,4-5,13-14,16,19H2,1-3H3,(H,32,35)(H,29,30,31). The van der Waals surface area contributed by atoms with Crippen molar-refractivity contribution in [2.75, 3.05) is 18.4 Å². The molecule has 0 saturated carbocycles. The van der Waals surface area contributed by atoms with Crippen LogP contribution in [0, 0.1) is 5.41 Å². The van der Waals surface area contributed by atoms with E-state index in [0.717, 1.165) is 23.4 Å². The highest BCUT2D eigenvalue weighted by Gasteiger charge is 2.18. The maximum absolute atomic E-state index is 12.3. The predicted octanol–water partition coefficient (Wildman–Crippen LogP) is 5.11. The third kappa shape index (κ3) is 7.36. The number of rotatable bonds is 7. The first-order valence-electron chi connectivity index (χ1n) is 12.3. The predicted molar refractivity (Wildman–Crippen MR) is 139 cm³/mol. The van der Waals surface area contributed by atoms with Crippen molar-refractivity contribution >= 4 is 23.5 Å². The Morgan fingerprint density at radius 2 is 1.67 bits per heavy atom. The monoisotopic (exact) mass is 487 g/mol. The number of anilines is 2. The van der Waals surface area contributed by atoms with Crippen LogP contribution >= 0.6 is 0 Å². The fraction of sp³-hybridized carbons (Fsp3) is 0.357. The maximum atomic E-state index is 12.3. The number of carbonyl (C=O) groups excluding carboxylic acids is 2. The minimum absolute atomic E-state index is 0.209. The lowest BCUT2D eigenvalue weighted by Crippen LogP contribution is -2.28. The van der Waals surface area contributed by atoms with Crippen LogP contribution in [0.4, 0.5) is 11.6 Å². The molecule has 2 N–H and O–H groups in total. The molecule has 2 aromatic carbocycles. The Balaban J connectivity index is 1.32. The van der Waals surface area contributed by atoms with Crippen LogP contribution in [0.2, 0.25) is 0 Å². The summed E-state index contributed by atoms with van der Waals surface area (Å²) in [6.07, 6.45) is 6.25. The fourth-order valence-electron chi connectivity index (χ4n) is 4.06. The molecule has 2 heterocycles. The van der Waals surface area contributed by atoms with Crippen LogP contribution in [0.1, 0.15) is 56.0 Å². The molecule has 8 nitrogen and oxygen atoms in total. The molecule has 1 saturated heterocycles. The van der Waals surface area contributed by atoms with Crippen molar-refractivity contribution < 1.29 is 14.4 Å². The molecule has 1 amide bonds. The number of nitrogens with zero attached hydrogens (tertiary/aromatic N) is 3. The van der Waals surface area contributed by atoms with Gasteiger partial charge in [-0.3, -0.25) is 9.69 Å². The second kappa shape index (κ2) is 11.3. The summed E-state index contributed by atoms with van der Waals surface area (Å²) in [7, 11) is 0. The molecule has 36 heavy (non-hydrogen) atoms. The Morgan fingerprint density at radius 1 is 0.972 bits per heavy atom. The van der Waals surface area contributed by atoms with Gasteiger partial charge in [0.25, 0.3) is 5.91 Å². The Bertz CT molecular complexity index is 1180. The zero-order valence-electron chi connectivity index (χ0n) is 21.1. The summed E-state index contributed by atoms with van der Waals surface area (Å²) in [5, 5.41) is 3.27. The van der Waals surface area contributed by atoms with E-state index in [-0.39, 0.29) is 11.8 Å². The Kier molecular flexibility index (Phi) is 7.95. The maximum Gasteiger partial charge on any atom is 0.332 e. The number of carbonyl (C=O) groups is 2. The number of benzene rings is 2. The SMILES string of the molecule is CC(C)(C)CC(=O)ONC(=O)c1ccc(-c2cnc(Nc3cccc(CN4CCCC4)c3)nc2)cc1. The fourth-order valence-corrected chi connectivity index (χ4v) is 4.06. The highest BCUT2D eigenvalue weighted by molar-refractivity contribution is 5.94. The first-order chi connectivity index (χ1) is 17.2. The molecule has 8 heteroatoms. The van der Waals surface area contributed by atoms with Crippen molar-refractivity contribution in [3.05, 3.63) is 72.1 Å². The third-order valence-electron chi connectivity index (χ3n) is 5.85. The lowest BCUT2D eigenvalue weighted by Gasteiger charge is -2.16. The zero-order chi connectivity index (χ0) is 25.5. The Morgan fingerprint density at radius 3 is 2.33 bits per heavy atom. The molecule has 3 aromatic rings. The summed E-state index contributed by atoms with van der Waals surface area (Å²) in [6, 6.07) is 15.3. The van der Waals surface area contributed by atoms with Gasteiger partial charge in [0.05, 0.1) is 6.42 Å². The zero-order valence-corrected chi connectivity index (χ0v) is 21.1. The van der Waals surface area contributed by atoms with Crippen molar-refractivity contribution in [2.24, 2.45) is 5.41 Å². The Hall–Kier alpha value is -3.78. The van der Waals surface area contributed by atoms with Crippen LogP contribution < -0.4 is 10.8 Å². The average Bonchev–Trinajstić information content (AvgIpc) is 3.35. The van der Waals surface area contributed by atoms with Crippen LogP contribution in [0.5, 0.6) is 0 Å². The van der Waals surface area contributed by atoms with Gasteiger partial charge in [-0.1, -0.05) is 45.0 Å². The van der Waals surface area contributed by atoms with E-state index < -0.39 is 11.9 Å².